The molecule has 10 nitrogen and oxygen atoms in total. The van der Waals surface area contributed by atoms with Crippen LogP contribution in [0.25, 0.3) is 0 Å². The van der Waals surface area contributed by atoms with Gasteiger partial charge in [-0.15, -0.1) is 0 Å². The number of benzene rings is 2. The largest absolute Gasteiger partial charge is 0.493 e. The number of ether oxygens (including phenoxy) is 3. The number of amides is 4. The Labute approximate surface area is 215 Å². The highest BCUT2D eigenvalue weighted by Gasteiger charge is 2.41. The summed E-state index contributed by atoms with van der Waals surface area (Å²) in [5.74, 6) is -0.868. The zero-order chi connectivity index (χ0) is 26.5. The fraction of sp³-hybridized carbons (Fsp3) is 0.407. The first-order chi connectivity index (χ1) is 17.9. The van der Waals surface area contributed by atoms with Gasteiger partial charge in [0.2, 0.25) is 0 Å². The summed E-state index contributed by atoms with van der Waals surface area (Å²) in [6.07, 6.45) is 0.388. The molecule has 2 heterocycles. The van der Waals surface area contributed by atoms with E-state index in [4.69, 9.17) is 14.2 Å². The Morgan fingerprint density at radius 2 is 1.68 bits per heavy atom. The topological polar surface area (TPSA) is 123 Å². The Kier molecular flexibility index (Phi) is 8.20. The van der Waals surface area contributed by atoms with Crippen molar-refractivity contribution in [3.05, 3.63) is 64.2 Å². The van der Waals surface area contributed by atoms with E-state index >= 15 is 0 Å². The van der Waals surface area contributed by atoms with Gasteiger partial charge in [0.15, 0.2) is 6.29 Å². The standard InChI is InChI=1S/C27H31N3O7/c1-4-16-12-17(13-21(25(32)28-3)23(16)35-5-2)24(31)29-11-10-22-36-14-18(15-37-22)30-26(33)19-8-6-7-9-20(19)27(30)34/h6-9,12-13,18,22H,4-5,10-11,14-15H2,1-3H3,(H,28,32)(H,29,31). The van der Waals surface area contributed by atoms with Gasteiger partial charge in [0.25, 0.3) is 23.6 Å². The highest BCUT2D eigenvalue weighted by molar-refractivity contribution is 6.21. The highest BCUT2D eigenvalue weighted by Crippen LogP contribution is 2.28. The lowest BCUT2D eigenvalue weighted by Crippen LogP contribution is -2.50. The van der Waals surface area contributed by atoms with E-state index in [-0.39, 0.29) is 43.4 Å². The van der Waals surface area contributed by atoms with Crippen LogP contribution in [0.1, 0.15) is 67.3 Å². The van der Waals surface area contributed by atoms with E-state index in [0.717, 1.165) is 5.56 Å². The molecular weight excluding hydrogens is 478 g/mol. The van der Waals surface area contributed by atoms with E-state index in [1.54, 1.807) is 30.3 Å². The quantitative estimate of drug-likeness (QED) is 0.497. The summed E-state index contributed by atoms with van der Waals surface area (Å²) in [4.78, 5) is 51.8. The maximum absolute atomic E-state index is 12.8. The summed E-state index contributed by atoms with van der Waals surface area (Å²) in [6.45, 7) is 4.74. The minimum Gasteiger partial charge on any atom is -0.493 e. The lowest BCUT2D eigenvalue weighted by molar-refractivity contribution is -0.198. The lowest BCUT2D eigenvalue weighted by Gasteiger charge is -2.33. The number of nitrogens with one attached hydrogen (secondary N) is 2. The van der Waals surface area contributed by atoms with Crippen molar-refractivity contribution in [2.24, 2.45) is 0 Å². The summed E-state index contributed by atoms with van der Waals surface area (Å²) < 4.78 is 17.2. The van der Waals surface area contributed by atoms with Gasteiger partial charge in [-0.25, -0.2) is 0 Å². The van der Waals surface area contributed by atoms with Crippen LogP contribution in [0.3, 0.4) is 0 Å². The predicted molar refractivity (Wildman–Crippen MR) is 134 cm³/mol. The molecule has 2 aliphatic rings. The molecule has 4 amide bonds. The van der Waals surface area contributed by atoms with Crippen molar-refractivity contribution < 1.29 is 33.4 Å². The molecule has 2 aromatic rings. The smallest absolute Gasteiger partial charge is 0.261 e. The minimum atomic E-state index is -0.584. The molecule has 0 radical (unpaired) electrons. The van der Waals surface area contributed by atoms with Gasteiger partial charge in [-0.05, 0) is 43.2 Å². The van der Waals surface area contributed by atoms with Crippen LogP contribution in [-0.4, -0.2) is 74.3 Å². The van der Waals surface area contributed by atoms with Gasteiger partial charge in [0, 0.05) is 25.6 Å². The molecule has 2 N–H and O–H groups in total. The van der Waals surface area contributed by atoms with Gasteiger partial charge in [-0.1, -0.05) is 19.1 Å². The molecule has 10 heteroatoms. The first-order valence-electron chi connectivity index (χ1n) is 12.4. The number of carbonyl (C=O) groups excluding carboxylic acids is 4. The molecule has 4 rings (SSSR count). The third-order valence-corrected chi connectivity index (χ3v) is 6.37. The Morgan fingerprint density at radius 3 is 2.24 bits per heavy atom. The van der Waals surface area contributed by atoms with Gasteiger partial charge in [0.1, 0.15) is 5.75 Å². The molecule has 0 aromatic heterocycles. The van der Waals surface area contributed by atoms with E-state index in [9.17, 15) is 19.2 Å². The van der Waals surface area contributed by atoms with Gasteiger partial charge in [0.05, 0.1) is 42.6 Å². The third-order valence-electron chi connectivity index (χ3n) is 6.37. The number of rotatable bonds is 9. The number of imide groups is 1. The van der Waals surface area contributed by atoms with Gasteiger partial charge < -0.3 is 24.8 Å². The fourth-order valence-corrected chi connectivity index (χ4v) is 4.49. The number of fused-ring (bicyclic) bond motifs is 1. The van der Waals surface area contributed by atoms with Crippen molar-refractivity contribution in [3.63, 3.8) is 0 Å². The van der Waals surface area contributed by atoms with Gasteiger partial charge in [-0.3, -0.25) is 24.1 Å². The summed E-state index contributed by atoms with van der Waals surface area (Å²) in [5.41, 5.74) is 2.21. The van der Waals surface area contributed by atoms with Crippen molar-refractivity contribution in [3.8, 4) is 5.75 Å². The van der Waals surface area contributed by atoms with E-state index in [1.807, 2.05) is 13.8 Å². The molecule has 0 unspecified atom stereocenters. The van der Waals surface area contributed by atoms with E-state index in [2.05, 4.69) is 10.6 Å². The van der Waals surface area contributed by atoms with Crippen LogP contribution in [0, 0.1) is 0 Å². The second-order valence-electron chi connectivity index (χ2n) is 8.70. The molecule has 2 aliphatic heterocycles. The zero-order valence-corrected chi connectivity index (χ0v) is 21.2. The van der Waals surface area contributed by atoms with E-state index in [0.29, 0.717) is 47.5 Å². The first kappa shape index (κ1) is 26.3. The van der Waals surface area contributed by atoms with Crippen molar-refractivity contribution in [2.75, 3.05) is 33.4 Å². The second-order valence-corrected chi connectivity index (χ2v) is 8.70. The maximum atomic E-state index is 12.8. The highest BCUT2D eigenvalue weighted by atomic mass is 16.7. The zero-order valence-electron chi connectivity index (χ0n) is 21.2. The average Bonchev–Trinajstić information content (AvgIpc) is 3.18. The minimum absolute atomic E-state index is 0.151. The molecule has 196 valence electrons. The average molecular weight is 510 g/mol. The molecular formula is C27H31N3O7. The van der Waals surface area contributed by atoms with E-state index < -0.39 is 12.3 Å². The number of hydrogen-bond acceptors (Lipinski definition) is 7. The Morgan fingerprint density at radius 1 is 1.03 bits per heavy atom. The van der Waals surface area contributed by atoms with Crippen LogP contribution >= 0.6 is 0 Å². The van der Waals surface area contributed by atoms with Crippen LogP contribution in [-0.2, 0) is 15.9 Å². The van der Waals surface area contributed by atoms with Crippen LogP contribution < -0.4 is 15.4 Å². The number of hydrogen-bond donors (Lipinski definition) is 2. The second kappa shape index (κ2) is 11.5. The first-order valence-corrected chi connectivity index (χ1v) is 12.4. The van der Waals surface area contributed by atoms with Crippen molar-refractivity contribution in [1.82, 2.24) is 15.5 Å². The molecule has 0 saturated carbocycles. The Hall–Kier alpha value is -3.76. The van der Waals surface area contributed by atoms with E-state index in [1.165, 1.54) is 18.0 Å². The molecule has 0 aliphatic carbocycles. The lowest BCUT2D eigenvalue weighted by atomic mass is 10.0. The SMILES string of the molecule is CCOc1c(CC)cc(C(=O)NCCC2OCC(N3C(=O)c4ccccc4C3=O)CO2)cc1C(=O)NC. The molecule has 1 fully saturated rings. The fourth-order valence-electron chi connectivity index (χ4n) is 4.49. The normalized spacial score (nSPS) is 18.9. The number of carbonyl (C=O) groups is 4. The summed E-state index contributed by atoms with van der Waals surface area (Å²) >= 11 is 0. The molecule has 2 aromatic carbocycles. The third kappa shape index (κ3) is 5.35. The molecule has 0 spiro atoms. The maximum Gasteiger partial charge on any atom is 0.261 e. The summed E-state index contributed by atoms with van der Waals surface area (Å²) in [7, 11) is 1.53. The van der Waals surface area contributed by atoms with Crippen LogP contribution in [0.4, 0.5) is 0 Å². The van der Waals surface area contributed by atoms with Crippen LogP contribution in [0.2, 0.25) is 0 Å². The van der Waals surface area contributed by atoms with Gasteiger partial charge >= 0.3 is 0 Å². The van der Waals surface area contributed by atoms with Gasteiger partial charge in [-0.2, -0.15) is 0 Å². The molecule has 0 bridgehead atoms. The summed E-state index contributed by atoms with van der Waals surface area (Å²) in [6, 6.07) is 9.46. The van der Waals surface area contributed by atoms with Crippen LogP contribution in [0.5, 0.6) is 5.75 Å². The Balaban J connectivity index is 1.31. The number of aryl methyl sites for hydroxylation is 1. The molecule has 1 saturated heterocycles. The van der Waals surface area contributed by atoms with Crippen molar-refractivity contribution in [1.29, 1.82) is 0 Å². The van der Waals surface area contributed by atoms with Crippen molar-refractivity contribution >= 4 is 23.6 Å². The Bertz CT molecular complexity index is 1170. The predicted octanol–water partition coefficient (Wildman–Crippen LogP) is 2.16. The van der Waals surface area contributed by atoms with Crippen molar-refractivity contribution in [2.45, 2.75) is 39.0 Å². The number of nitrogens with zero attached hydrogens (tertiary/aromatic N) is 1. The van der Waals surface area contributed by atoms with Crippen LogP contribution in [0.15, 0.2) is 36.4 Å². The summed E-state index contributed by atoms with van der Waals surface area (Å²) in [5, 5.41) is 5.42. The molecule has 0 atom stereocenters. The molecule has 37 heavy (non-hydrogen) atoms. The monoisotopic (exact) mass is 509 g/mol.